The highest BCUT2D eigenvalue weighted by atomic mass is 19.2. The van der Waals surface area contributed by atoms with Crippen LogP contribution in [0.1, 0.15) is 49.3 Å². The smallest absolute Gasteiger partial charge is 0.322 e. The van der Waals surface area contributed by atoms with Crippen LogP contribution in [-0.4, -0.2) is 55.0 Å². The lowest BCUT2D eigenvalue weighted by Crippen LogP contribution is -2.48. The molecule has 1 fully saturated rings. The Morgan fingerprint density at radius 3 is 2.36 bits per heavy atom. The van der Waals surface area contributed by atoms with Crippen molar-refractivity contribution in [3.05, 3.63) is 82.3 Å². The van der Waals surface area contributed by atoms with Gasteiger partial charge in [0.1, 0.15) is 5.82 Å². The van der Waals surface area contributed by atoms with Crippen LogP contribution in [0.3, 0.4) is 0 Å². The fourth-order valence-electron chi connectivity index (χ4n) is 5.02. The van der Waals surface area contributed by atoms with E-state index in [1.54, 1.807) is 6.92 Å². The standard InChI is InChI=1S/C27H31F3N4O2/c1-17-24(25(33(2)27(36)32-17)20-6-9-22(29)23(30)16-20)26(35)31-12-3-13-34-14-10-19(11-15-34)18-4-7-21(28)8-5-18/h4-9,16,19,25H,3,10-15H2,1-2H3,(H,31,35)(H,32,36)/t25-/m1/s1. The van der Waals surface area contributed by atoms with Crippen LogP contribution in [-0.2, 0) is 4.79 Å². The zero-order valence-electron chi connectivity index (χ0n) is 20.5. The number of nitrogens with one attached hydrogen (secondary N) is 2. The molecule has 36 heavy (non-hydrogen) atoms. The molecule has 1 atom stereocenters. The number of likely N-dealkylation sites (N-methyl/N-ethyl adjacent to an activating group) is 1. The Kier molecular flexibility index (Phi) is 7.98. The van der Waals surface area contributed by atoms with Crippen LogP contribution >= 0.6 is 0 Å². The minimum Gasteiger partial charge on any atom is -0.352 e. The molecule has 3 amide bonds. The lowest BCUT2D eigenvalue weighted by Gasteiger charge is -2.35. The van der Waals surface area contributed by atoms with Crippen LogP contribution < -0.4 is 10.6 Å². The summed E-state index contributed by atoms with van der Waals surface area (Å²) in [4.78, 5) is 29.1. The van der Waals surface area contributed by atoms with Gasteiger partial charge in [0.05, 0.1) is 11.6 Å². The first-order chi connectivity index (χ1) is 17.2. The van der Waals surface area contributed by atoms with E-state index in [1.807, 2.05) is 12.1 Å². The van der Waals surface area contributed by atoms with Crippen molar-refractivity contribution in [1.29, 1.82) is 0 Å². The number of hydrogen-bond acceptors (Lipinski definition) is 3. The van der Waals surface area contributed by atoms with Gasteiger partial charge in [-0.25, -0.2) is 18.0 Å². The van der Waals surface area contributed by atoms with Gasteiger partial charge < -0.3 is 20.4 Å². The molecule has 192 valence electrons. The molecular weight excluding hydrogens is 469 g/mol. The van der Waals surface area contributed by atoms with E-state index < -0.39 is 23.7 Å². The van der Waals surface area contributed by atoms with Crippen molar-refractivity contribution in [3.8, 4) is 0 Å². The fraction of sp³-hybridized carbons (Fsp3) is 0.407. The quantitative estimate of drug-likeness (QED) is 0.552. The van der Waals surface area contributed by atoms with E-state index in [0.29, 0.717) is 29.3 Å². The normalized spacial score (nSPS) is 19.4. The monoisotopic (exact) mass is 500 g/mol. The molecule has 2 aliphatic rings. The Morgan fingerprint density at radius 2 is 1.69 bits per heavy atom. The molecule has 2 N–H and O–H groups in total. The maximum absolute atomic E-state index is 13.9. The molecular formula is C27H31F3N4O2. The summed E-state index contributed by atoms with van der Waals surface area (Å²) in [6.07, 6.45) is 2.76. The van der Waals surface area contributed by atoms with Gasteiger partial charge in [0.2, 0.25) is 0 Å². The van der Waals surface area contributed by atoms with E-state index in [1.165, 1.54) is 35.7 Å². The van der Waals surface area contributed by atoms with Gasteiger partial charge >= 0.3 is 6.03 Å². The molecule has 2 heterocycles. The molecule has 2 aromatic rings. The number of halogens is 3. The lowest BCUT2D eigenvalue weighted by molar-refractivity contribution is -0.118. The molecule has 1 saturated heterocycles. The zero-order chi connectivity index (χ0) is 25.8. The second-order valence-electron chi connectivity index (χ2n) is 9.43. The van der Waals surface area contributed by atoms with E-state index in [9.17, 15) is 22.8 Å². The summed E-state index contributed by atoms with van der Waals surface area (Å²) in [6.45, 7) is 4.77. The molecule has 0 radical (unpaired) electrons. The van der Waals surface area contributed by atoms with E-state index in [0.717, 1.165) is 51.0 Å². The second kappa shape index (κ2) is 11.2. The minimum absolute atomic E-state index is 0.220. The summed E-state index contributed by atoms with van der Waals surface area (Å²) in [5, 5.41) is 5.58. The maximum Gasteiger partial charge on any atom is 0.322 e. The Morgan fingerprint density at radius 1 is 1.03 bits per heavy atom. The van der Waals surface area contributed by atoms with Gasteiger partial charge in [-0.2, -0.15) is 0 Å². The number of likely N-dealkylation sites (tertiary alicyclic amines) is 1. The van der Waals surface area contributed by atoms with Crippen molar-refractivity contribution >= 4 is 11.9 Å². The molecule has 0 bridgehead atoms. The van der Waals surface area contributed by atoms with Crippen molar-refractivity contribution in [3.63, 3.8) is 0 Å². The van der Waals surface area contributed by atoms with Gasteiger partial charge in [-0.05, 0) is 87.1 Å². The summed E-state index contributed by atoms with van der Waals surface area (Å²) in [7, 11) is 1.51. The first-order valence-corrected chi connectivity index (χ1v) is 12.2. The molecule has 6 nitrogen and oxygen atoms in total. The number of carbonyl (C=O) groups excluding carboxylic acids is 2. The van der Waals surface area contributed by atoms with Crippen molar-refractivity contribution in [2.75, 3.05) is 33.2 Å². The van der Waals surface area contributed by atoms with Gasteiger partial charge in [0.15, 0.2) is 11.6 Å². The summed E-state index contributed by atoms with van der Waals surface area (Å²) in [5.41, 5.74) is 2.17. The summed E-state index contributed by atoms with van der Waals surface area (Å²) >= 11 is 0. The number of amides is 3. The molecule has 2 aromatic carbocycles. The Balaban J connectivity index is 1.31. The highest BCUT2D eigenvalue weighted by molar-refractivity contribution is 5.98. The van der Waals surface area contributed by atoms with E-state index in [-0.39, 0.29) is 11.7 Å². The topological polar surface area (TPSA) is 64.7 Å². The molecule has 2 aliphatic heterocycles. The van der Waals surface area contributed by atoms with E-state index in [4.69, 9.17) is 0 Å². The number of urea groups is 1. The number of carbonyl (C=O) groups is 2. The predicted molar refractivity (Wildman–Crippen MR) is 131 cm³/mol. The third kappa shape index (κ3) is 5.73. The van der Waals surface area contributed by atoms with E-state index >= 15 is 0 Å². The van der Waals surface area contributed by atoms with Gasteiger partial charge in [-0.3, -0.25) is 4.79 Å². The molecule has 4 rings (SSSR count). The van der Waals surface area contributed by atoms with Crippen LogP contribution in [0.25, 0.3) is 0 Å². The lowest BCUT2D eigenvalue weighted by atomic mass is 9.89. The highest BCUT2D eigenvalue weighted by Gasteiger charge is 2.36. The van der Waals surface area contributed by atoms with Crippen molar-refractivity contribution in [2.24, 2.45) is 0 Å². The van der Waals surface area contributed by atoms with Gasteiger partial charge in [-0.1, -0.05) is 18.2 Å². The molecule has 0 unspecified atom stereocenters. The summed E-state index contributed by atoms with van der Waals surface area (Å²) < 4.78 is 40.6. The highest BCUT2D eigenvalue weighted by Crippen LogP contribution is 2.33. The minimum atomic E-state index is -1.03. The van der Waals surface area contributed by atoms with Crippen molar-refractivity contribution < 1.29 is 22.8 Å². The third-order valence-electron chi connectivity index (χ3n) is 7.05. The molecule has 9 heteroatoms. The predicted octanol–water partition coefficient (Wildman–Crippen LogP) is 4.46. The summed E-state index contributed by atoms with van der Waals surface area (Å²) in [6, 6.07) is 8.88. The van der Waals surface area contributed by atoms with Crippen LogP contribution in [0, 0.1) is 17.5 Å². The molecule has 0 aliphatic carbocycles. The number of benzene rings is 2. The second-order valence-corrected chi connectivity index (χ2v) is 9.43. The van der Waals surface area contributed by atoms with Crippen LogP contribution in [0.2, 0.25) is 0 Å². The Bertz CT molecular complexity index is 1140. The van der Waals surface area contributed by atoms with Gasteiger partial charge in [0, 0.05) is 19.3 Å². The Labute approximate surface area is 209 Å². The number of nitrogens with zero attached hydrogens (tertiary/aromatic N) is 2. The zero-order valence-corrected chi connectivity index (χ0v) is 20.5. The van der Waals surface area contributed by atoms with Crippen molar-refractivity contribution in [1.82, 2.24) is 20.4 Å². The first kappa shape index (κ1) is 25.8. The number of hydrogen-bond donors (Lipinski definition) is 2. The Hall–Kier alpha value is -3.33. The number of rotatable bonds is 7. The average Bonchev–Trinajstić information content (AvgIpc) is 2.86. The largest absolute Gasteiger partial charge is 0.352 e. The van der Waals surface area contributed by atoms with Gasteiger partial charge in [-0.15, -0.1) is 0 Å². The average molecular weight is 501 g/mol. The molecule has 0 aromatic heterocycles. The maximum atomic E-state index is 13.9. The third-order valence-corrected chi connectivity index (χ3v) is 7.05. The van der Waals surface area contributed by atoms with Crippen LogP contribution in [0.4, 0.5) is 18.0 Å². The van der Waals surface area contributed by atoms with Crippen LogP contribution in [0.15, 0.2) is 53.7 Å². The molecule has 0 saturated carbocycles. The number of allylic oxidation sites excluding steroid dienone is 1. The SMILES string of the molecule is CC1=C(C(=O)NCCCN2CCC(c3ccc(F)cc3)CC2)[C@@H](c2ccc(F)c(F)c2)N(C)C(=O)N1. The first-order valence-electron chi connectivity index (χ1n) is 12.2. The van der Waals surface area contributed by atoms with E-state index in [2.05, 4.69) is 15.5 Å². The fourth-order valence-corrected chi connectivity index (χ4v) is 5.02. The van der Waals surface area contributed by atoms with Crippen molar-refractivity contribution in [2.45, 2.75) is 38.1 Å². The van der Waals surface area contributed by atoms with Crippen LogP contribution in [0.5, 0.6) is 0 Å². The molecule has 0 spiro atoms. The van der Waals surface area contributed by atoms with Gasteiger partial charge in [0.25, 0.3) is 5.91 Å². The number of piperidine rings is 1. The summed E-state index contributed by atoms with van der Waals surface area (Å²) in [5.74, 6) is -2.17.